The molecule has 0 aliphatic heterocycles. The number of carbonyl (C=O) groups excluding carboxylic acids is 1. The highest BCUT2D eigenvalue weighted by molar-refractivity contribution is 7.13. The Bertz CT molecular complexity index is 428. The molecule has 1 rings (SSSR count). The zero-order chi connectivity index (χ0) is 13.7. The van der Waals surface area contributed by atoms with Gasteiger partial charge in [0.2, 0.25) is 0 Å². The van der Waals surface area contributed by atoms with Crippen molar-refractivity contribution in [3.63, 3.8) is 0 Å². The maximum Gasteiger partial charge on any atom is 0.305 e. The number of rotatable bonds is 6. The van der Waals surface area contributed by atoms with Crippen LogP contribution in [0.25, 0.3) is 0 Å². The van der Waals surface area contributed by atoms with Crippen molar-refractivity contribution >= 4 is 23.2 Å². The smallest absolute Gasteiger partial charge is 0.305 e. The van der Waals surface area contributed by atoms with Gasteiger partial charge in [0.05, 0.1) is 11.3 Å². The van der Waals surface area contributed by atoms with Crippen LogP contribution in [0.3, 0.4) is 0 Å². The first kappa shape index (κ1) is 14.7. The zero-order valence-corrected chi connectivity index (χ0v) is 11.8. The zero-order valence-electron chi connectivity index (χ0n) is 11.0. The van der Waals surface area contributed by atoms with Crippen LogP contribution >= 0.6 is 11.3 Å². The molecule has 18 heavy (non-hydrogen) atoms. The van der Waals surface area contributed by atoms with Crippen LogP contribution in [-0.4, -0.2) is 34.5 Å². The molecular weight excluding hydrogens is 250 g/mol. The van der Waals surface area contributed by atoms with Gasteiger partial charge in [-0.2, -0.15) is 0 Å². The van der Waals surface area contributed by atoms with Gasteiger partial charge in [-0.1, -0.05) is 6.92 Å². The molecule has 5 heteroatoms. The predicted octanol–water partition coefficient (Wildman–Crippen LogP) is 2.77. The molecule has 0 aliphatic rings. The number of carbonyl (C=O) groups is 2. The van der Waals surface area contributed by atoms with Gasteiger partial charge >= 0.3 is 5.97 Å². The Morgan fingerprint density at radius 1 is 1.44 bits per heavy atom. The van der Waals surface area contributed by atoms with Crippen molar-refractivity contribution in [2.24, 2.45) is 0 Å². The normalized spacial score (nSPS) is 12.2. The molecule has 0 aromatic carbocycles. The topological polar surface area (TPSA) is 57.6 Å². The molecule has 0 fully saturated rings. The van der Waals surface area contributed by atoms with E-state index < -0.39 is 5.97 Å². The predicted molar refractivity (Wildman–Crippen MR) is 72.1 cm³/mol. The van der Waals surface area contributed by atoms with E-state index in [-0.39, 0.29) is 24.9 Å². The molecule has 1 aromatic heterocycles. The Morgan fingerprint density at radius 2 is 2.11 bits per heavy atom. The lowest BCUT2D eigenvalue weighted by Crippen LogP contribution is -2.39. The maximum atomic E-state index is 12.3. The third-order valence-corrected chi connectivity index (χ3v) is 3.89. The first-order valence-electron chi connectivity index (χ1n) is 6.05. The number of carboxylic acids is 1. The minimum atomic E-state index is -0.876. The molecule has 1 heterocycles. The number of aryl methyl sites for hydroxylation is 1. The maximum absolute atomic E-state index is 12.3. The van der Waals surface area contributed by atoms with E-state index in [1.165, 1.54) is 11.3 Å². The number of carboxylic acid groups (broad SMARTS) is 1. The molecule has 1 amide bonds. The Kier molecular flexibility index (Phi) is 5.34. The SMILES string of the molecule is CC[C@H](C)N(CCC(=O)O)C(=O)c1ccc(C)s1. The van der Waals surface area contributed by atoms with E-state index in [9.17, 15) is 9.59 Å². The summed E-state index contributed by atoms with van der Waals surface area (Å²) in [6, 6.07) is 3.77. The summed E-state index contributed by atoms with van der Waals surface area (Å²) in [4.78, 5) is 26.4. The van der Waals surface area contributed by atoms with Crippen molar-refractivity contribution in [1.82, 2.24) is 4.90 Å². The van der Waals surface area contributed by atoms with Gasteiger partial charge in [-0.25, -0.2) is 0 Å². The fourth-order valence-corrected chi connectivity index (χ4v) is 2.47. The van der Waals surface area contributed by atoms with Crippen LogP contribution in [0.5, 0.6) is 0 Å². The lowest BCUT2D eigenvalue weighted by Gasteiger charge is -2.27. The van der Waals surface area contributed by atoms with Crippen LogP contribution in [-0.2, 0) is 4.79 Å². The molecule has 1 N–H and O–H groups in total. The van der Waals surface area contributed by atoms with Crippen molar-refractivity contribution in [3.8, 4) is 0 Å². The number of aliphatic carboxylic acids is 1. The fourth-order valence-electron chi connectivity index (χ4n) is 1.65. The standard InChI is InChI=1S/C13H19NO3S/c1-4-9(2)14(8-7-12(15)16)13(17)11-6-5-10(3)18-11/h5-6,9H,4,7-8H2,1-3H3,(H,15,16)/t9-/m0/s1. The van der Waals surface area contributed by atoms with Gasteiger partial charge in [0.1, 0.15) is 0 Å². The average Bonchev–Trinajstić information content (AvgIpc) is 2.75. The summed E-state index contributed by atoms with van der Waals surface area (Å²) < 4.78 is 0. The van der Waals surface area contributed by atoms with E-state index in [0.29, 0.717) is 4.88 Å². The first-order valence-corrected chi connectivity index (χ1v) is 6.86. The minimum absolute atomic E-state index is 0.0135. The molecule has 0 unspecified atom stereocenters. The van der Waals surface area contributed by atoms with Gasteiger partial charge in [-0.15, -0.1) is 11.3 Å². The largest absolute Gasteiger partial charge is 0.481 e. The molecule has 1 aromatic rings. The quantitative estimate of drug-likeness (QED) is 0.864. The summed E-state index contributed by atoms with van der Waals surface area (Å²) in [7, 11) is 0. The van der Waals surface area contributed by atoms with Gasteiger partial charge in [0, 0.05) is 17.5 Å². The molecular formula is C13H19NO3S. The highest BCUT2D eigenvalue weighted by atomic mass is 32.1. The van der Waals surface area contributed by atoms with E-state index in [4.69, 9.17) is 5.11 Å². The fraction of sp³-hybridized carbons (Fsp3) is 0.538. The van der Waals surface area contributed by atoms with Crippen LogP contribution < -0.4 is 0 Å². The molecule has 0 aliphatic carbocycles. The summed E-state index contributed by atoms with van der Waals surface area (Å²) in [6.45, 7) is 6.15. The van der Waals surface area contributed by atoms with Gasteiger partial charge in [-0.05, 0) is 32.4 Å². The molecule has 1 atom stereocenters. The van der Waals surface area contributed by atoms with Crippen molar-refractivity contribution < 1.29 is 14.7 Å². The molecule has 4 nitrogen and oxygen atoms in total. The lowest BCUT2D eigenvalue weighted by atomic mass is 10.2. The van der Waals surface area contributed by atoms with Crippen molar-refractivity contribution in [3.05, 3.63) is 21.9 Å². The second-order valence-corrected chi connectivity index (χ2v) is 5.60. The van der Waals surface area contributed by atoms with Crippen LogP contribution in [0, 0.1) is 6.92 Å². The summed E-state index contributed by atoms with van der Waals surface area (Å²) in [6.07, 6.45) is 0.802. The Labute approximate surface area is 111 Å². The monoisotopic (exact) mass is 269 g/mol. The third kappa shape index (κ3) is 3.84. The number of hydrogen-bond donors (Lipinski definition) is 1. The lowest BCUT2D eigenvalue weighted by molar-refractivity contribution is -0.137. The second kappa shape index (κ2) is 6.54. The minimum Gasteiger partial charge on any atom is -0.481 e. The second-order valence-electron chi connectivity index (χ2n) is 4.31. The van der Waals surface area contributed by atoms with E-state index in [2.05, 4.69) is 0 Å². The molecule has 100 valence electrons. The highest BCUT2D eigenvalue weighted by Crippen LogP contribution is 2.19. The first-order chi connectivity index (χ1) is 8.45. The Balaban J connectivity index is 2.81. The average molecular weight is 269 g/mol. The summed E-state index contributed by atoms with van der Waals surface area (Å²) >= 11 is 1.45. The van der Waals surface area contributed by atoms with Crippen LogP contribution in [0.1, 0.15) is 41.2 Å². The van der Waals surface area contributed by atoms with E-state index in [0.717, 1.165) is 11.3 Å². The Hall–Kier alpha value is -1.36. The Morgan fingerprint density at radius 3 is 2.56 bits per heavy atom. The number of hydrogen-bond acceptors (Lipinski definition) is 3. The summed E-state index contributed by atoms with van der Waals surface area (Å²) in [5.41, 5.74) is 0. The molecule has 0 saturated heterocycles. The van der Waals surface area contributed by atoms with E-state index >= 15 is 0 Å². The molecule has 0 bridgehead atoms. The third-order valence-electron chi connectivity index (χ3n) is 2.90. The molecule has 0 radical (unpaired) electrons. The van der Waals surface area contributed by atoms with Gasteiger partial charge in [0.25, 0.3) is 5.91 Å². The van der Waals surface area contributed by atoms with Gasteiger partial charge < -0.3 is 10.0 Å². The number of nitrogens with zero attached hydrogens (tertiary/aromatic N) is 1. The van der Waals surface area contributed by atoms with Gasteiger partial charge in [0.15, 0.2) is 0 Å². The highest BCUT2D eigenvalue weighted by Gasteiger charge is 2.22. The van der Waals surface area contributed by atoms with E-state index in [1.807, 2.05) is 26.8 Å². The summed E-state index contributed by atoms with van der Waals surface area (Å²) in [5.74, 6) is -0.942. The summed E-state index contributed by atoms with van der Waals surface area (Å²) in [5, 5.41) is 8.74. The number of thiophene rings is 1. The molecule has 0 spiro atoms. The van der Waals surface area contributed by atoms with E-state index in [1.54, 1.807) is 11.0 Å². The number of amides is 1. The van der Waals surface area contributed by atoms with Crippen LogP contribution in [0.4, 0.5) is 0 Å². The van der Waals surface area contributed by atoms with Crippen LogP contribution in [0.15, 0.2) is 12.1 Å². The van der Waals surface area contributed by atoms with Gasteiger partial charge in [-0.3, -0.25) is 9.59 Å². The van der Waals surface area contributed by atoms with Crippen LogP contribution in [0.2, 0.25) is 0 Å². The van der Waals surface area contributed by atoms with Crippen molar-refractivity contribution in [1.29, 1.82) is 0 Å². The molecule has 0 saturated carbocycles. The van der Waals surface area contributed by atoms with Crippen molar-refractivity contribution in [2.45, 2.75) is 39.7 Å². The van der Waals surface area contributed by atoms with Crippen molar-refractivity contribution in [2.75, 3.05) is 6.54 Å².